The number of piperidine rings is 1. The van der Waals surface area contributed by atoms with E-state index in [1.807, 2.05) is 20.8 Å². The van der Waals surface area contributed by atoms with E-state index < -0.39 is 11.7 Å². The van der Waals surface area contributed by atoms with Crippen LogP contribution >= 0.6 is 0 Å². The molecule has 122 valence electrons. The molecule has 0 N–H and O–H groups in total. The number of carbonyl (C=O) groups excluding carboxylic acids is 2. The highest BCUT2D eigenvalue weighted by molar-refractivity contribution is 5.73. The van der Waals surface area contributed by atoms with Crippen LogP contribution in [0.4, 0.5) is 4.79 Å². The Hall–Kier alpha value is -1.30. The number of hydrogen-bond acceptors (Lipinski definition) is 5. The van der Waals surface area contributed by atoms with Crippen molar-refractivity contribution in [3.63, 3.8) is 0 Å². The van der Waals surface area contributed by atoms with Crippen molar-refractivity contribution >= 4 is 12.1 Å². The molecule has 0 aromatic carbocycles. The second-order valence-corrected chi connectivity index (χ2v) is 6.41. The molecule has 1 amide bonds. The first-order chi connectivity index (χ1) is 9.73. The van der Waals surface area contributed by atoms with E-state index in [1.165, 1.54) is 7.11 Å². The van der Waals surface area contributed by atoms with Crippen LogP contribution in [0.15, 0.2) is 0 Å². The first-order valence-corrected chi connectivity index (χ1v) is 7.40. The molecule has 1 atom stereocenters. The zero-order valence-corrected chi connectivity index (χ0v) is 13.7. The Kier molecular flexibility index (Phi) is 6.45. The fourth-order valence-electron chi connectivity index (χ4n) is 2.12. The van der Waals surface area contributed by atoms with Crippen LogP contribution < -0.4 is 0 Å². The third-order valence-electron chi connectivity index (χ3n) is 3.38. The van der Waals surface area contributed by atoms with E-state index in [0.717, 1.165) is 12.8 Å². The van der Waals surface area contributed by atoms with E-state index in [9.17, 15) is 9.59 Å². The molecule has 0 aliphatic carbocycles. The Bertz CT molecular complexity index is 356. The number of nitrogens with zero attached hydrogens (tertiary/aromatic N) is 1. The molecule has 1 aliphatic rings. The van der Waals surface area contributed by atoms with Crippen molar-refractivity contribution in [2.24, 2.45) is 5.92 Å². The quantitative estimate of drug-likeness (QED) is 0.745. The molecule has 0 aromatic rings. The van der Waals surface area contributed by atoms with E-state index in [1.54, 1.807) is 11.8 Å². The van der Waals surface area contributed by atoms with Gasteiger partial charge in [-0.1, -0.05) is 0 Å². The Balaban J connectivity index is 2.29. The van der Waals surface area contributed by atoms with Gasteiger partial charge in [-0.3, -0.25) is 0 Å². The second-order valence-electron chi connectivity index (χ2n) is 6.41. The van der Waals surface area contributed by atoms with Gasteiger partial charge in [0.2, 0.25) is 0 Å². The minimum atomic E-state index is -0.543. The lowest BCUT2D eigenvalue weighted by Gasteiger charge is -2.33. The largest absolute Gasteiger partial charge is 0.467 e. The average Bonchev–Trinajstić information content (AvgIpc) is 2.42. The van der Waals surface area contributed by atoms with Gasteiger partial charge in [0.1, 0.15) is 5.60 Å². The highest BCUT2D eigenvalue weighted by Crippen LogP contribution is 2.20. The molecular weight excluding hydrogens is 274 g/mol. The van der Waals surface area contributed by atoms with Crippen molar-refractivity contribution in [1.29, 1.82) is 0 Å². The molecule has 0 aromatic heterocycles. The maximum atomic E-state index is 11.9. The van der Waals surface area contributed by atoms with Crippen molar-refractivity contribution in [3.8, 4) is 0 Å². The van der Waals surface area contributed by atoms with Gasteiger partial charge in [-0.2, -0.15) is 0 Å². The maximum Gasteiger partial charge on any atom is 0.410 e. The zero-order valence-electron chi connectivity index (χ0n) is 13.7. The topological polar surface area (TPSA) is 65.1 Å². The lowest BCUT2D eigenvalue weighted by atomic mass is 9.98. The number of likely N-dealkylation sites (tertiary alicyclic amines) is 1. The first kappa shape index (κ1) is 17.8. The normalized spacial score (nSPS) is 18.2. The van der Waals surface area contributed by atoms with E-state index in [-0.39, 0.29) is 12.1 Å². The molecule has 1 aliphatic heterocycles. The maximum absolute atomic E-state index is 11.9. The Morgan fingerprint density at radius 2 is 1.81 bits per heavy atom. The van der Waals surface area contributed by atoms with E-state index >= 15 is 0 Å². The summed E-state index contributed by atoms with van der Waals surface area (Å²) in [5, 5.41) is 0. The summed E-state index contributed by atoms with van der Waals surface area (Å²) in [6.07, 6.45) is 0.906. The predicted molar refractivity (Wildman–Crippen MR) is 78.0 cm³/mol. The van der Waals surface area contributed by atoms with Crippen LogP contribution in [0.25, 0.3) is 0 Å². The van der Waals surface area contributed by atoms with Gasteiger partial charge in [0, 0.05) is 13.1 Å². The molecule has 6 heteroatoms. The zero-order chi connectivity index (χ0) is 16.0. The fraction of sp³-hybridized carbons (Fsp3) is 0.867. The molecule has 1 rings (SSSR count). The third kappa shape index (κ3) is 6.33. The van der Waals surface area contributed by atoms with Gasteiger partial charge in [0.25, 0.3) is 0 Å². The number of carbonyl (C=O) groups is 2. The van der Waals surface area contributed by atoms with Gasteiger partial charge in [-0.05, 0) is 46.5 Å². The Morgan fingerprint density at radius 3 is 2.29 bits per heavy atom. The fourth-order valence-corrected chi connectivity index (χ4v) is 2.12. The van der Waals surface area contributed by atoms with Gasteiger partial charge in [0.05, 0.1) is 13.7 Å². The van der Waals surface area contributed by atoms with Crippen molar-refractivity contribution in [3.05, 3.63) is 0 Å². The van der Waals surface area contributed by atoms with Crippen molar-refractivity contribution < 1.29 is 23.8 Å². The average molecular weight is 301 g/mol. The summed E-state index contributed by atoms with van der Waals surface area (Å²) in [5.41, 5.74) is -0.465. The summed E-state index contributed by atoms with van der Waals surface area (Å²) in [4.78, 5) is 24.9. The van der Waals surface area contributed by atoms with Crippen LogP contribution in [0.2, 0.25) is 0 Å². The molecule has 0 bridgehead atoms. The Labute approximate surface area is 126 Å². The van der Waals surface area contributed by atoms with Gasteiger partial charge in [-0.15, -0.1) is 0 Å². The molecule has 0 radical (unpaired) electrons. The lowest BCUT2D eigenvalue weighted by Crippen LogP contribution is -2.42. The van der Waals surface area contributed by atoms with Gasteiger partial charge < -0.3 is 19.1 Å². The predicted octanol–water partition coefficient (Wildman–Crippen LogP) is 2.21. The molecule has 6 nitrogen and oxygen atoms in total. The van der Waals surface area contributed by atoms with Crippen LogP contribution in [0.5, 0.6) is 0 Å². The minimum Gasteiger partial charge on any atom is -0.467 e. The number of methoxy groups -OCH3 is 1. The standard InChI is InChI=1S/C15H27NO5/c1-11(13(17)19-5)20-10-12-6-8-16(9-7-12)14(18)21-15(2,3)4/h11-12H,6-10H2,1-5H3. The number of esters is 1. The molecule has 1 saturated heterocycles. The monoisotopic (exact) mass is 301 g/mol. The summed E-state index contributed by atoms with van der Waals surface area (Å²) in [7, 11) is 1.35. The highest BCUT2D eigenvalue weighted by atomic mass is 16.6. The molecule has 1 heterocycles. The second kappa shape index (κ2) is 7.64. The van der Waals surface area contributed by atoms with Crippen LogP contribution in [0.3, 0.4) is 0 Å². The molecule has 0 spiro atoms. The van der Waals surface area contributed by atoms with Gasteiger partial charge in [0.15, 0.2) is 6.10 Å². The van der Waals surface area contributed by atoms with E-state index in [0.29, 0.717) is 25.6 Å². The van der Waals surface area contributed by atoms with E-state index in [2.05, 4.69) is 4.74 Å². The van der Waals surface area contributed by atoms with E-state index in [4.69, 9.17) is 9.47 Å². The molecule has 21 heavy (non-hydrogen) atoms. The molecule has 1 fully saturated rings. The summed E-state index contributed by atoms with van der Waals surface area (Å²) >= 11 is 0. The minimum absolute atomic E-state index is 0.259. The SMILES string of the molecule is COC(=O)C(C)OCC1CCN(C(=O)OC(C)(C)C)CC1. The number of amides is 1. The number of hydrogen-bond donors (Lipinski definition) is 0. The number of rotatable bonds is 4. The van der Waals surface area contributed by atoms with Crippen LogP contribution in [-0.4, -0.2) is 55.5 Å². The van der Waals surface area contributed by atoms with Crippen molar-refractivity contribution in [2.45, 2.75) is 52.2 Å². The first-order valence-electron chi connectivity index (χ1n) is 7.40. The molecule has 1 unspecified atom stereocenters. The van der Waals surface area contributed by atoms with Crippen LogP contribution in [0, 0.1) is 5.92 Å². The number of ether oxygens (including phenoxy) is 3. The summed E-state index contributed by atoms with van der Waals surface area (Å²) in [5.74, 6) is -0.00279. The van der Waals surface area contributed by atoms with Crippen molar-refractivity contribution in [2.75, 3.05) is 26.8 Å². The van der Waals surface area contributed by atoms with Crippen LogP contribution in [0.1, 0.15) is 40.5 Å². The van der Waals surface area contributed by atoms with Gasteiger partial charge in [-0.25, -0.2) is 9.59 Å². The Morgan fingerprint density at radius 1 is 1.24 bits per heavy atom. The smallest absolute Gasteiger partial charge is 0.410 e. The highest BCUT2D eigenvalue weighted by Gasteiger charge is 2.27. The van der Waals surface area contributed by atoms with Gasteiger partial charge >= 0.3 is 12.1 Å². The van der Waals surface area contributed by atoms with Crippen molar-refractivity contribution in [1.82, 2.24) is 4.90 Å². The lowest BCUT2D eigenvalue weighted by molar-refractivity contribution is -0.153. The summed E-state index contributed by atoms with van der Waals surface area (Å²) in [6.45, 7) is 9.10. The summed E-state index contributed by atoms with van der Waals surface area (Å²) in [6, 6.07) is 0. The third-order valence-corrected chi connectivity index (χ3v) is 3.38. The van der Waals surface area contributed by atoms with Crippen LogP contribution in [-0.2, 0) is 19.0 Å². The molecular formula is C15H27NO5. The summed E-state index contributed by atoms with van der Waals surface area (Å²) < 4.78 is 15.5. The molecule has 0 saturated carbocycles.